The largest absolute Gasteiger partial charge is 0.320 e. The van der Waals surface area contributed by atoms with Crippen molar-refractivity contribution in [1.82, 2.24) is 0 Å². The molecule has 0 atom stereocenters. The van der Waals surface area contributed by atoms with Gasteiger partial charge < -0.3 is 5.32 Å². The third kappa shape index (κ3) is 2.44. The summed E-state index contributed by atoms with van der Waals surface area (Å²) < 4.78 is 0. The van der Waals surface area contributed by atoms with E-state index in [1.165, 1.54) is 13.0 Å². The number of amides is 1. The molecule has 1 aromatic rings. The number of nitrogens with one attached hydrogen (secondary N) is 1. The highest BCUT2D eigenvalue weighted by atomic mass is 35.5. The van der Waals surface area contributed by atoms with Crippen LogP contribution in [0.2, 0.25) is 5.02 Å². The summed E-state index contributed by atoms with van der Waals surface area (Å²) in [5, 5.41) is 13.2. The predicted octanol–water partition coefficient (Wildman–Crippen LogP) is 2.52. The molecule has 0 spiro atoms. The number of hydrogen-bond donors (Lipinski definition) is 1. The van der Waals surface area contributed by atoms with E-state index in [1.54, 1.807) is 13.0 Å². The lowest BCUT2D eigenvalue weighted by Crippen LogP contribution is -2.09. The quantitative estimate of drug-likeness (QED) is 0.624. The molecular formula is C9H9ClN2O3. The molecule has 0 saturated heterocycles. The molecule has 0 saturated carbocycles. The van der Waals surface area contributed by atoms with Crippen LogP contribution >= 0.6 is 11.6 Å². The Morgan fingerprint density at radius 2 is 2.13 bits per heavy atom. The van der Waals surface area contributed by atoms with Crippen molar-refractivity contribution in [3.63, 3.8) is 0 Å². The van der Waals surface area contributed by atoms with Crippen LogP contribution in [0.5, 0.6) is 0 Å². The highest BCUT2D eigenvalue weighted by Crippen LogP contribution is 2.35. The van der Waals surface area contributed by atoms with Gasteiger partial charge in [-0.25, -0.2) is 0 Å². The van der Waals surface area contributed by atoms with Gasteiger partial charge in [0.25, 0.3) is 0 Å². The number of nitrogens with zero attached hydrogens (tertiary/aromatic N) is 1. The summed E-state index contributed by atoms with van der Waals surface area (Å²) >= 11 is 5.69. The van der Waals surface area contributed by atoms with Gasteiger partial charge in [-0.15, -0.1) is 0 Å². The van der Waals surface area contributed by atoms with E-state index in [9.17, 15) is 14.9 Å². The molecule has 1 N–H and O–H groups in total. The molecule has 0 fully saturated rings. The first-order valence-electron chi connectivity index (χ1n) is 4.14. The molecular weight excluding hydrogens is 220 g/mol. The fraction of sp³-hybridized carbons (Fsp3) is 0.222. The smallest absolute Gasteiger partial charge is 0.311 e. The second-order valence-electron chi connectivity index (χ2n) is 3.03. The summed E-state index contributed by atoms with van der Waals surface area (Å²) in [6.45, 7) is 2.94. The van der Waals surface area contributed by atoms with E-state index in [4.69, 9.17) is 11.6 Å². The molecule has 1 rings (SSSR count). The Labute approximate surface area is 91.2 Å². The molecule has 0 bridgehead atoms. The van der Waals surface area contributed by atoms with Gasteiger partial charge in [0.05, 0.1) is 4.92 Å². The number of hydrogen-bond acceptors (Lipinski definition) is 3. The highest BCUT2D eigenvalue weighted by molar-refractivity contribution is 6.33. The zero-order chi connectivity index (χ0) is 11.6. The second-order valence-corrected chi connectivity index (χ2v) is 3.43. The van der Waals surface area contributed by atoms with Crippen molar-refractivity contribution >= 4 is 28.9 Å². The lowest BCUT2D eigenvalue weighted by Gasteiger charge is -2.07. The Morgan fingerprint density at radius 3 is 2.60 bits per heavy atom. The van der Waals surface area contributed by atoms with Crippen molar-refractivity contribution < 1.29 is 9.72 Å². The minimum Gasteiger partial charge on any atom is -0.320 e. The maximum Gasteiger partial charge on any atom is 0.311 e. The monoisotopic (exact) mass is 228 g/mol. The van der Waals surface area contributed by atoms with Crippen LogP contribution in [0.25, 0.3) is 0 Å². The van der Waals surface area contributed by atoms with Gasteiger partial charge in [0, 0.05) is 6.92 Å². The van der Waals surface area contributed by atoms with E-state index in [2.05, 4.69) is 5.32 Å². The van der Waals surface area contributed by atoms with Crippen molar-refractivity contribution in [1.29, 1.82) is 0 Å². The number of benzene rings is 1. The zero-order valence-corrected chi connectivity index (χ0v) is 8.96. The Balaban J connectivity index is 3.38. The Morgan fingerprint density at radius 1 is 1.53 bits per heavy atom. The van der Waals surface area contributed by atoms with Gasteiger partial charge in [0.2, 0.25) is 5.91 Å². The number of aryl methyl sites for hydroxylation is 1. The highest BCUT2D eigenvalue weighted by Gasteiger charge is 2.21. The molecule has 6 heteroatoms. The van der Waals surface area contributed by atoms with Crippen LogP contribution < -0.4 is 5.32 Å². The molecule has 15 heavy (non-hydrogen) atoms. The third-order valence-electron chi connectivity index (χ3n) is 1.82. The number of anilines is 1. The predicted molar refractivity (Wildman–Crippen MR) is 57.1 cm³/mol. The molecule has 5 nitrogen and oxygen atoms in total. The topological polar surface area (TPSA) is 72.2 Å². The number of nitro groups is 1. The molecule has 1 aromatic carbocycles. The second kappa shape index (κ2) is 4.27. The zero-order valence-electron chi connectivity index (χ0n) is 8.20. The molecule has 0 aliphatic heterocycles. The van der Waals surface area contributed by atoms with Crippen LogP contribution in [0.15, 0.2) is 12.1 Å². The fourth-order valence-corrected chi connectivity index (χ4v) is 1.41. The van der Waals surface area contributed by atoms with E-state index >= 15 is 0 Å². The average molecular weight is 229 g/mol. The number of carbonyl (C=O) groups excluding carboxylic acids is 1. The summed E-state index contributed by atoms with van der Waals surface area (Å²) in [5.74, 6) is -0.372. The van der Waals surface area contributed by atoms with Crippen LogP contribution in [0.4, 0.5) is 11.4 Å². The van der Waals surface area contributed by atoms with Gasteiger partial charge in [-0.1, -0.05) is 17.7 Å². The Kier molecular flexibility index (Phi) is 3.26. The number of nitro benzene ring substituents is 1. The summed E-state index contributed by atoms with van der Waals surface area (Å²) in [7, 11) is 0. The molecule has 0 unspecified atom stereocenters. The molecule has 1 amide bonds. The van der Waals surface area contributed by atoms with Crippen molar-refractivity contribution in [3.8, 4) is 0 Å². The lowest BCUT2D eigenvalue weighted by atomic mass is 10.1. The summed E-state index contributed by atoms with van der Waals surface area (Å²) in [6.07, 6.45) is 0. The molecule has 0 aliphatic rings. The van der Waals surface area contributed by atoms with E-state index in [0.717, 1.165) is 0 Å². The van der Waals surface area contributed by atoms with E-state index < -0.39 is 4.92 Å². The molecule has 0 aliphatic carbocycles. The minimum atomic E-state index is -0.611. The summed E-state index contributed by atoms with van der Waals surface area (Å²) in [6, 6.07) is 3.04. The fourth-order valence-electron chi connectivity index (χ4n) is 1.18. The van der Waals surface area contributed by atoms with Gasteiger partial charge >= 0.3 is 5.69 Å². The van der Waals surface area contributed by atoms with Crippen molar-refractivity contribution in [3.05, 3.63) is 32.8 Å². The van der Waals surface area contributed by atoms with Gasteiger partial charge in [-0.3, -0.25) is 14.9 Å². The first-order valence-corrected chi connectivity index (χ1v) is 4.52. The average Bonchev–Trinajstić information content (AvgIpc) is 2.10. The van der Waals surface area contributed by atoms with Crippen LogP contribution in [0, 0.1) is 17.0 Å². The first kappa shape index (κ1) is 11.5. The normalized spacial score (nSPS) is 9.80. The van der Waals surface area contributed by atoms with Crippen molar-refractivity contribution in [2.24, 2.45) is 0 Å². The lowest BCUT2D eigenvalue weighted by molar-refractivity contribution is -0.383. The van der Waals surface area contributed by atoms with E-state index in [0.29, 0.717) is 5.56 Å². The van der Waals surface area contributed by atoms with Crippen molar-refractivity contribution in [2.75, 3.05) is 5.32 Å². The maximum atomic E-state index is 10.9. The molecule has 0 heterocycles. The van der Waals surface area contributed by atoms with Crippen LogP contribution in [0.1, 0.15) is 12.5 Å². The Bertz CT molecular complexity index is 432. The number of carbonyl (C=O) groups is 1. The van der Waals surface area contributed by atoms with Crippen molar-refractivity contribution in [2.45, 2.75) is 13.8 Å². The van der Waals surface area contributed by atoms with Crippen LogP contribution in [0.3, 0.4) is 0 Å². The summed E-state index contributed by atoms with van der Waals surface area (Å²) in [4.78, 5) is 21.0. The first-order chi connectivity index (χ1) is 6.93. The number of rotatable bonds is 2. The third-order valence-corrected chi connectivity index (χ3v) is 2.13. The minimum absolute atomic E-state index is 0.00866. The SMILES string of the molecule is CC(=O)Nc1c(C)ccc(Cl)c1[N+](=O)[O-]. The van der Waals surface area contributed by atoms with Gasteiger partial charge in [-0.2, -0.15) is 0 Å². The van der Waals surface area contributed by atoms with Crippen LogP contribution in [-0.4, -0.2) is 10.8 Å². The van der Waals surface area contributed by atoms with Gasteiger partial charge in [0.15, 0.2) is 0 Å². The van der Waals surface area contributed by atoms with Gasteiger partial charge in [0.1, 0.15) is 10.7 Å². The molecule has 0 aromatic heterocycles. The van der Waals surface area contributed by atoms with E-state index in [1.807, 2.05) is 0 Å². The van der Waals surface area contributed by atoms with Crippen LogP contribution in [-0.2, 0) is 4.79 Å². The summed E-state index contributed by atoms with van der Waals surface area (Å²) in [5.41, 5.74) is 0.480. The Hall–Kier alpha value is -1.62. The standard InChI is InChI=1S/C9H9ClN2O3/c1-5-3-4-7(10)9(12(14)15)8(5)11-6(2)13/h3-4H,1-2H3,(H,11,13). The van der Waals surface area contributed by atoms with E-state index in [-0.39, 0.29) is 22.3 Å². The van der Waals surface area contributed by atoms with Gasteiger partial charge in [-0.05, 0) is 18.6 Å². The number of halogens is 1. The molecule has 80 valence electrons. The maximum absolute atomic E-state index is 10.9. The molecule has 0 radical (unpaired) electrons.